The first-order chi connectivity index (χ1) is 11.7. The molecule has 2 aromatic rings. The van der Waals surface area contributed by atoms with Gasteiger partial charge in [0.1, 0.15) is 19.0 Å². The predicted octanol–water partition coefficient (Wildman–Crippen LogP) is 3.94. The summed E-state index contributed by atoms with van der Waals surface area (Å²) in [6.07, 6.45) is 0.404. The van der Waals surface area contributed by atoms with E-state index in [-0.39, 0.29) is 11.8 Å². The molecule has 2 aromatic carbocycles. The van der Waals surface area contributed by atoms with Crippen molar-refractivity contribution in [2.45, 2.75) is 26.2 Å². The van der Waals surface area contributed by atoms with E-state index in [0.29, 0.717) is 25.6 Å². The monoisotopic (exact) mass is 327 g/mol. The molecule has 0 spiro atoms. The summed E-state index contributed by atoms with van der Waals surface area (Å²) in [5.74, 6) is 1.23. The smallest absolute Gasteiger partial charge is 0.244 e. The fourth-order valence-corrected chi connectivity index (χ4v) is 2.53. The summed E-state index contributed by atoms with van der Waals surface area (Å²) < 4.78 is 5.50. The number of amides is 1. The van der Waals surface area contributed by atoms with Crippen LogP contribution in [0.2, 0.25) is 0 Å². The molecule has 0 heterocycles. The van der Waals surface area contributed by atoms with Crippen LogP contribution in [0.1, 0.15) is 31.7 Å². The predicted molar refractivity (Wildman–Crippen MR) is 94.7 cm³/mol. The zero-order valence-corrected chi connectivity index (χ0v) is 14.3. The van der Waals surface area contributed by atoms with Crippen molar-refractivity contribution in [1.29, 1.82) is 0 Å². The minimum atomic E-state index is -0.114. The van der Waals surface area contributed by atoms with Gasteiger partial charge < -0.3 is 4.74 Å². The Labute approximate surface area is 143 Å². The van der Waals surface area contributed by atoms with Crippen LogP contribution in [0.5, 0.6) is 5.75 Å². The molecule has 4 nitrogen and oxygen atoms in total. The van der Waals surface area contributed by atoms with Crippen molar-refractivity contribution in [3.05, 3.63) is 66.2 Å². The first kappa shape index (κ1) is 18.0. The summed E-state index contributed by atoms with van der Waals surface area (Å²) in [5.41, 5.74) is 3.68. The van der Waals surface area contributed by atoms with E-state index in [9.17, 15) is 4.79 Å². The molecule has 1 N–H and O–H groups in total. The lowest BCUT2D eigenvalue weighted by molar-refractivity contribution is -0.134. The Kier molecular flexibility index (Phi) is 7.30. The Morgan fingerprint density at radius 2 is 1.58 bits per heavy atom. The maximum absolute atomic E-state index is 12.1. The number of ether oxygens (including phenoxy) is 1. The molecule has 0 aliphatic rings. The first-order valence-corrected chi connectivity index (χ1v) is 8.30. The van der Waals surface area contributed by atoms with Crippen molar-refractivity contribution in [1.82, 2.24) is 5.48 Å². The number of hydrogen-bond donors (Lipinski definition) is 1. The Balaban J connectivity index is 1.70. The summed E-state index contributed by atoms with van der Waals surface area (Å²) in [5, 5.41) is 0. The molecule has 0 aromatic heterocycles. The van der Waals surface area contributed by atoms with E-state index in [1.54, 1.807) is 0 Å². The molecule has 0 saturated heterocycles. The largest absolute Gasteiger partial charge is 0.491 e. The van der Waals surface area contributed by atoms with Gasteiger partial charge >= 0.3 is 0 Å². The highest BCUT2D eigenvalue weighted by Gasteiger charge is 2.19. The van der Waals surface area contributed by atoms with Gasteiger partial charge in [-0.3, -0.25) is 9.63 Å². The minimum absolute atomic E-state index is 0.114. The average molecular weight is 327 g/mol. The summed E-state index contributed by atoms with van der Waals surface area (Å²) >= 11 is 0. The molecule has 0 aliphatic carbocycles. The fraction of sp³-hybridized carbons (Fsp3) is 0.350. The molecule has 0 fully saturated rings. The third-order valence-corrected chi connectivity index (χ3v) is 3.82. The number of rotatable bonds is 9. The summed E-state index contributed by atoms with van der Waals surface area (Å²) in [6.45, 7) is 4.94. The number of hydroxylamine groups is 1. The van der Waals surface area contributed by atoms with Crippen LogP contribution < -0.4 is 10.2 Å². The molecule has 1 atom stereocenters. The highest BCUT2D eigenvalue weighted by molar-refractivity contribution is 5.75. The highest BCUT2D eigenvalue weighted by atomic mass is 16.7. The number of nitrogens with one attached hydrogen (secondary N) is 1. The van der Waals surface area contributed by atoms with Crippen molar-refractivity contribution in [2.24, 2.45) is 5.92 Å². The topological polar surface area (TPSA) is 47.6 Å². The summed E-state index contributed by atoms with van der Waals surface area (Å²) in [4.78, 5) is 17.3. The summed E-state index contributed by atoms with van der Waals surface area (Å²) in [7, 11) is 0. The number of carbonyl (C=O) groups is 1. The van der Waals surface area contributed by atoms with Crippen LogP contribution in [0.25, 0.3) is 0 Å². The zero-order chi connectivity index (χ0) is 17.2. The van der Waals surface area contributed by atoms with Gasteiger partial charge in [0.05, 0.1) is 0 Å². The maximum atomic E-state index is 12.1. The van der Waals surface area contributed by atoms with Crippen molar-refractivity contribution in [2.75, 3.05) is 13.2 Å². The molecule has 1 unspecified atom stereocenters. The van der Waals surface area contributed by atoms with Gasteiger partial charge in [-0.2, -0.15) is 0 Å². The number of para-hydroxylation sites is 1. The van der Waals surface area contributed by atoms with Gasteiger partial charge in [0.25, 0.3) is 0 Å². The van der Waals surface area contributed by atoms with Crippen LogP contribution in [-0.4, -0.2) is 19.1 Å². The van der Waals surface area contributed by atoms with Crippen LogP contribution in [0.15, 0.2) is 60.7 Å². The van der Waals surface area contributed by atoms with Crippen LogP contribution in [0, 0.1) is 5.92 Å². The normalized spacial score (nSPS) is 12.0. The molecule has 0 radical (unpaired) electrons. The molecule has 24 heavy (non-hydrogen) atoms. The molecule has 0 bridgehead atoms. The first-order valence-electron chi connectivity index (χ1n) is 8.30. The van der Waals surface area contributed by atoms with Crippen LogP contribution >= 0.6 is 0 Å². The van der Waals surface area contributed by atoms with E-state index in [1.807, 2.05) is 48.5 Å². The third kappa shape index (κ3) is 6.05. The van der Waals surface area contributed by atoms with Gasteiger partial charge in [-0.25, -0.2) is 5.48 Å². The van der Waals surface area contributed by atoms with Gasteiger partial charge in [-0.1, -0.05) is 62.4 Å². The molecular formula is C20H25NO3. The average Bonchev–Trinajstić information content (AvgIpc) is 2.61. The number of benzene rings is 2. The van der Waals surface area contributed by atoms with E-state index in [0.717, 1.165) is 5.75 Å². The maximum Gasteiger partial charge on any atom is 0.244 e. The lowest BCUT2D eigenvalue weighted by Crippen LogP contribution is -2.28. The highest BCUT2D eigenvalue weighted by Crippen LogP contribution is 2.27. The standard InChI is InChI=1S/C20H25NO3/c1-16(2)19(17-9-5-3-6-10-17)15-20(22)21-24-14-13-23-18-11-7-4-8-12-18/h3-12,16,19H,13-15H2,1-2H3,(H,21,22). The van der Waals surface area contributed by atoms with Crippen LogP contribution in [0.4, 0.5) is 0 Å². The Morgan fingerprint density at radius 3 is 2.21 bits per heavy atom. The van der Waals surface area contributed by atoms with Gasteiger partial charge in [0.2, 0.25) is 5.91 Å². The van der Waals surface area contributed by atoms with Crippen molar-refractivity contribution >= 4 is 5.91 Å². The van der Waals surface area contributed by atoms with Gasteiger partial charge in [-0.05, 0) is 29.5 Å². The third-order valence-electron chi connectivity index (χ3n) is 3.82. The second-order valence-electron chi connectivity index (χ2n) is 6.00. The van der Waals surface area contributed by atoms with Gasteiger partial charge in [0, 0.05) is 6.42 Å². The Morgan fingerprint density at radius 1 is 0.958 bits per heavy atom. The van der Waals surface area contributed by atoms with E-state index in [2.05, 4.69) is 31.5 Å². The molecule has 128 valence electrons. The molecular weight excluding hydrogens is 302 g/mol. The Bertz CT molecular complexity index is 599. The lowest BCUT2D eigenvalue weighted by Gasteiger charge is -2.20. The Hall–Kier alpha value is -2.33. The molecule has 2 rings (SSSR count). The summed E-state index contributed by atoms with van der Waals surface area (Å²) in [6, 6.07) is 19.6. The fourth-order valence-electron chi connectivity index (χ4n) is 2.53. The van der Waals surface area contributed by atoms with E-state index >= 15 is 0 Å². The quantitative estimate of drug-likeness (QED) is 0.560. The molecule has 0 aliphatic heterocycles. The minimum Gasteiger partial charge on any atom is -0.491 e. The van der Waals surface area contributed by atoms with Gasteiger partial charge in [0.15, 0.2) is 0 Å². The van der Waals surface area contributed by atoms with E-state index in [1.165, 1.54) is 5.56 Å². The van der Waals surface area contributed by atoms with Crippen molar-refractivity contribution in [3.63, 3.8) is 0 Å². The number of carbonyl (C=O) groups excluding carboxylic acids is 1. The second-order valence-corrected chi connectivity index (χ2v) is 6.00. The van der Waals surface area contributed by atoms with Gasteiger partial charge in [-0.15, -0.1) is 0 Å². The van der Waals surface area contributed by atoms with E-state index in [4.69, 9.17) is 9.57 Å². The van der Waals surface area contributed by atoms with Crippen LogP contribution in [-0.2, 0) is 9.63 Å². The molecule has 1 amide bonds. The zero-order valence-electron chi connectivity index (χ0n) is 14.3. The van der Waals surface area contributed by atoms with Crippen molar-refractivity contribution in [3.8, 4) is 5.75 Å². The van der Waals surface area contributed by atoms with E-state index < -0.39 is 0 Å². The second kappa shape index (κ2) is 9.73. The SMILES string of the molecule is CC(C)C(CC(=O)NOCCOc1ccccc1)c1ccccc1. The number of hydrogen-bond acceptors (Lipinski definition) is 3. The lowest BCUT2D eigenvalue weighted by atomic mass is 9.86. The van der Waals surface area contributed by atoms with Crippen molar-refractivity contribution < 1.29 is 14.4 Å². The van der Waals surface area contributed by atoms with Crippen LogP contribution in [0.3, 0.4) is 0 Å². The molecule has 4 heteroatoms. The molecule has 0 saturated carbocycles.